The van der Waals surface area contributed by atoms with E-state index >= 15 is 0 Å². The second-order valence-corrected chi connectivity index (χ2v) is 11.1. The van der Waals surface area contributed by atoms with Crippen LogP contribution in [0.5, 0.6) is 0 Å². The lowest BCUT2D eigenvalue weighted by Gasteiger charge is -2.11. The van der Waals surface area contributed by atoms with Gasteiger partial charge in [-0.2, -0.15) is 8.42 Å². The first-order valence-corrected chi connectivity index (χ1v) is 14.9. The van der Waals surface area contributed by atoms with Crippen LogP contribution in [0.25, 0.3) is 43.1 Å². The van der Waals surface area contributed by atoms with Crippen molar-refractivity contribution in [1.29, 1.82) is 0 Å². The zero-order chi connectivity index (χ0) is 28.1. The van der Waals surface area contributed by atoms with Gasteiger partial charge in [0.2, 0.25) is 0 Å². The maximum atomic E-state index is 11.9. The Morgan fingerprint density at radius 1 is 0.537 bits per heavy atom. The van der Waals surface area contributed by atoms with E-state index in [1.807, 2.05) is 55.5 Å². The summed E-state index contributed by atoms with van der Waals surface area (Å²) in [4.78, 5) is 0.00820. The standard InChI is InChI=1S/C18H16O3S.C18H16.Mg.2H/c1-2-3-6-14-10-11-16-15-8-5-4-7-13(15)9-12-17(16)18(14)22(19,20)21;1-2-3-7-14-9-6-11-18-16-10-5-4-8-15(16)12-13-17(14)18;;;/h2-5,7-12H,6H2,1H3,(H,19,20,21);2-6,8-13H,7H2,1H3;;;. The normalized spacial score (nSPS) is 11.8. The van der Waals surface area contributed by atoms with Crippen LogP contribution >= 0.6 is 0 Å². The van der Waals surface area contributed by atoms with Crippen molar-refractivity contribution in [3.8, 4) is 0 Å². The van der Waals surface area contributed by atoms with Gasteiger partial charge in [-0.25, -0.2) is 0 Å². The lowest BCUT2D eigenvalue weighted by atomic mass is 9.97. The predicted molar refractivity (Wildman–Crippen MR) is 178 cm³/mol. The number of hydrogen-bond donors (Lipinski definition) is 1. The summed E-state index contributed by atoms with van der Waals surface area (Å²) >= 11 is 0. The van der Waals surface area contributed by atoms with Crippen LogP contribution in [0.15, 0.2) is 132 Å². The molecule has 0 aliphatic rings. The van der Waals surface area contributed by atoms with Crippen LogP contribution in [-0.2, 0) is 23.0 Å². The van der Waals surface area contributed by atoms with Gasteiger partial charge in [0.1, 0.15) is 4.90 Å². The summed E-state index contributed by atoms with van der Waals surface area (Å²) in [6.07, 6.45) is 9.53. The Kier molecular flexibility index (Phi) is 10.00. The molecule has 5 heteroatoms. The second kappa shape index (κ2) is 13.5. The van der Waals surface area contributed by atoms with Gasteiger partial charge in [-0.15, -0.1) is 0 Å². The number of rotatable bonds is 5. The van der Waals surface area contributed by atoms with E-state index < -0.39 is 10.1 Å². The average molecular weight is 571 g/mol. The SMILES string of the molecule is CC=CCc1ccc2c(ccc3ccccc32)c1S(=O)(=O)O.CC=CCc1cccc2c1ccc1ccccc12.[MgH2]. The first-order valence-electron chi connectivity index (χ1n) is 13.4. The van der Waals surface area contributed by atoms with Gasteiger partial charge in [-0.3, -0.25) is 4.55 Å². The minimum absolute atomic E-state index is 0. The molecule has 0 aliphatic heterocycles. The van der Waals surface area contributed by atoms with E-state index in [1.165, 1.54) is 27.1 Å². The van der Waals surface area contributed by atoms with Crippen molar-refractivity contribution in [2.45, 2.75) is 31.6 Å². The van der Waals surface area contributed by atoms with Crippen molar-refractivity contribution in [3.63, 3.8) is 0 Å². The Balaban J connectivity index is 0.000000188. The minimum Gasteiger partial charge on any atom is -0.282 e. The van der Waals surface area contributed by atoms with Crippen LogP contribution < -0.4 is 0 Å². The molecular weight excluding hydrogens is 537 g/mol. The van der Waals surface area contributed by atoms with Gasteiger partial charge in [-0.05, 0) is 75.5 Å². The monoisotopic (exact) mass is 570 g/mol. The summed E-state index contributed by atoms with van der Waals surface area (Å²) in [6.45, 7) is 3.95. The fourth-order valence-electron chi connectivity index (χ4n) is 5.34. The summed E-state index contributed by atoms with van der Waals surface area (Å²) < 4.78 is 33.5. The Morgan fingerprint density at radius 3 is 1.61 bits per heavy atom. The number of allylic oxidation sites excluding steroid dienone is 4. The summed E-state index contributed by atoms with van der Waals surface area (Å²) in [5.74, 6) is 0. The van der Waals surface area contributed by atoms with E-state index in [2.05, 4.69) is 73.7 Å². The summed E-state index contributed by atoms with van der Waals surface area (Å²) in [5.41, 5.74) is 2.00. The van der Waals surface area contributed by atoms with E-state index in [0.717, 1.165) is 22.6 Å². The fraction of sp³-hybridized carbons (Fsp3) is 0.111. The van der Waals surface area contributed by atoms with Crippen LogP contribution in [0.4, 0.5) is 0 Å². The molecule has 0 aliphatic carbocycles. The third-order valence-electron chi connectivity index (χ3n) is 7.24. The Bertz CT molecular complexity index is 2010. The van der Waals surface area contributed by atoms with Gasteiger partial charge in [0.15, 0.2) is 0 Å². The van der Waals surface area contributed by atoms with Crippen LogP contribution in [0.2, 0.25) is 0 Å². The van der Waals surface area contributed by atoms with Crippen molar-refractivity contribution >= 4 is 76.3 Å². The molecule has 6 aromatic carbocycles. The molecule has 0 saturated carbocycles. The van der Waals surface area contributed by atoms with E-state index in [0.29, 0.717) is 17.4 Å². The molecular formula is C36H34MgO3S. The minimum atomic E-state index is -4.29. The van der Waals surface area contributed by atoms with Crippen LogP contribution in [0, 0.1) is 0 Å². The van der Waals surface area contributed by atoms with Crippen molar-refractivity contribution in [1.82, 2.24) is 0 Å². The zero-order valence-corrected chi connectivity index (χ0v) is 23.5. The van der Waals surface area contributed by atoms with Gasteiger partial charge < -0.3 is 0 Å². The molecule has 0 fully saturated rings. The highest BCUT2D eigenvalue weighted by atomic mass is 32.2. The first-order chi connectivity index (χ1) is 19.4. The smallest absolute Gasteiger partial charge is 0.282 e. The number of hydrogen-bond acceptors (Lipinski definition) is 2. The van der Waals surface area contributed by atoms with Crippen molar-refractivity contribution in [2.75, 3.05) is 0 Å². The molecule has 0 bridgehead atoms. The Hall–Kier alpha value is -3.48. The van der Waals surface area contributed by atoms with Gasteiger partial charge in [-0.1, -0.05) is 127 Å². The second-order valence-electron chi connectivity index (χ2n) is 9.76. The fourth-order valence-corrected chi connectivity index (χ4v) is 6.28. The van der Waals surface area contributed by atoms with E-state index in [-0.39, 0.29) is 27.9 Å². The highest BCUT2D eigenvalue weighted by molar-refractivity contribution is 7.86. The van der Waals surface area contributed by atoms with Crippen molar-refractivity contribution in [2.24, 2.45) is 0 Å². The highest BCUT2D eigenvalue weighted by Gasteiger charge is 2.19. The molecule has 0 unspecified atom stereocenters. The van der Waals surface area contributed by atoms with Crippen LogP contribution in [0.3, 0.4) is 0 Å². The third-order valence-corrected chi connectivity index (χ3v) is 8.24. The molecule has 0 radical (unpaired) electrons. The topological polar surface area (TPSA) is 54.4 Å². The van der Waals surface area contributed by atoms with E-state index in [4.69, 9.17) is 0 Å². The van der Waals surface area contributed by atoms with Gasteiger partial charge in [0, 0.05) is 5.39 Å². The van der Waals surface area contributed by atoms with Gasteiger partial charge in [0.25, 0.3) is 10.1 Å². The summed E-state index contributed by atoms with van der Waals surface area (Å²) in [7, 11) is -4.29. The number of benzene rings is 6. The van der Waals surface area contributed by atoms with Crippen LogP contribution in [-0.4, -0.2) is 36.0 Å². The summed E-state index contributed by atoms with van der Waals surface area (Å²) in [5, 5.41) is 8.79. The molecule has 0 heterocycles. The third kappa shape index (κ3) is 6.55. The van der Waals surface area contributed by atoms with E-state index in [1.54, 1.807) is 12.1 Å². The average Bonchev–Trinajstić information content (AvgIpc) is 2.98. The summed E-state index contributed by atoms with van der Waals surface area (Å²) in [6, 6.07) is 34.8. The molecule has 1 N–H and O–H groups in total. The molecule has 204 valence electrons. The first kappa shape index (κ1) is 30.5. The van der Waals surface area contributed by atoms with E-state index in [9.17, 15) is 13.0 Å². The molecule has 0 atom stereocenters. The molecule has 41 heavy (non-hydrogen) atoms. The van der Waals surface area contributed by atoms with Crippen molar-refractivity contribution in [3.05, 3.63) is 139 Å². The molecule has 0 aromatic heterocycles. The quantitative estimate of drug-likeness (QED) is 0.0977. The molecule has 6 rings (SSSR count). The zero-order valence-electron chi connectivity index (χ0n) is 22.7. The Morgan fingerprint density at radius 2 is 1.02 bits per heavy atom. The molecule has 0 spiro atoms. The van der Waals surface area contributed by atoms with Crippen molar-refractivity contribution < 1.29 is 13.0 Å². The predicted octanol–water partition coefficient (Wildman–Crippen LogP) is 8.55. The van der Waals surface area contributed by atoms with Crippen LogP contribution in [0.1, 0.15) is 25.0 Å². The maximum Gasteiger partial charge on any atom is 0.316 e. The lowest BCUT2D eigenvalue weighted by molar-refractivity contribution is 0.483. The largest absolute Gasteiger partial charge is 0.316 e. The van der Waals surface area contributed by atoms with Gasteiger partial charge in [0.05, 0.1) is 0 Å². The highest BCUT2D eigenvalue weighted by Crippen LogP contribution is 2.32. The Labute approximate surface area is 258 Å². The molecule has 3 nitrogen and oxygen atoms in total. The lowest BCUT2D eigenvalue weighted by Crippen LogP contribution is -2.04. The molecule has 0 amide bonds. The number of fused-ring (bicyclic) bond motifs is 6. The molecule has 6 aromatic rings. The molecule has 0 saturated heterocycles. The van der Waals surface area contributed by atoms with Gasteiger partial charge >= 0.3 is 23.1 Å². The maximum absolute atomic E-state index is 11.9.